The van der Waals surface area contributed by atoms with Gasteiger partial charge in [-0.05, 0) is 24.3 Å². The molecular formula is C17H11N3O6S. The third kappa shape index (κ3) is 3.25. The van der Waals surface area contributed by atoms with Crippen molar-refractivity contribution in [2.75, 3.05) is 12.4 Å². The number of amides is 1. The van der Waals surface area contributed by atoms with Crippen molar-refractivity contribution in [3.05, 3.63) is 57.7 Å². The Bertz CT molecular complexity index is 1160. The molecule has 3 aromatic heterocycles. The second kappa shape index (κ2) is 6.57. The van der Waals surface area contributed by atoms with Crippen LogP contribution in [0.3, 0.4) is 0 Å². The lowest BCUT2D eigenvalue weighted by atomic mass is 10.2. The molecule has 9 nitrogen and oxygen atoms in total. The molecule has 0 fully saturated rings. The molecule has 3 heterocycles. The molecule has 0 spiro atoms. The molecule has 0 saturated carbocycles. The summed E-state index contributed by atoms with van der Waals surface area (Å²) in [7, 11) is 1.58. The second-order valence-electron chi connectivity index (χ2n) is 5.40. The monoisotopic (exact) mass is 385 g/mol. The Balaban J connectivity index is 1.54. The average Bonchev–Trinajstić information content (AvgIpc) is 3.39. The number of carbonyl (C=O) groups is 1. The van der Waals surface area contributed by atoms with E-state index in [1.54, 1.807) is 18.6 Å². The number of hydrogen-bond donors (Lipinski definition) is 1. The van der Waals surface area contributed by atoms with Crippen LogP contribution in [0.2, 0.25) is 0 Å². The number of hydrogen-bond acceptors (Lipinski definition) is 8. The van der Waals surface area contributed by atoms with Crippen LogP contribution in [0.15, 0.2) is 50.6 Å². The van der Waals surface area contributed by atoms with Crippen molar-refractivity contribution >= 4 is 39.2 Å². The van der Waals surface area contributed by atoms with Gasteiger partial charge in [-0.3, -0.25) is 20.2 Å². The van der Waals surface area contributed by atoms with Crippen LogP contribution in [0.4, 0.5) is 11.0 Å². The van der Waals surface area contributed by atoms with E-state index in [-0.39, 0.29) is 5.76 Å². The van der Waals surface area contributed by atoms with E-state index < -0.39 is 16.7 Å². The minimum Gasteiger partial charge on any atom is -0.497 e. The first kappa shape index (κ1) is 16.8. The summed E-state index contributed by atoms with van der Waals surface area (Å²) in [6, 6.07) is 9.67. The Morgan fingerprint density at radius 1 is 1.26 bits per heavy atom. The quantitative estimate of drug-likeness (QED) is 0.401. The van der Waals surface area contributed by atoms with Crippen molar-refractivity contribution in [1.82, 2.24) is 4.98 Å². The van der Waals surface area contributed by atoms with E-state index >= 15 is 0 Å². The molecule has 136 valence electrons. The summed E-state index contributed by atoms with van der Waals surface area (Å²) in [6.45, 7) is 0. The van der Waals surface area contributed by atoms with Gasteiger partial charge >= 0.3 is 5.88 Å². The summed E-state index contributed by atoms with van der Waals surface area (Å²) >= 11 is 1.19. The third-order valence-corrected chi connectivity index (χ3v) is 4.46. The van der Waals surface area contributed by atoms with Crippen LogP contribution in [0, 0.1) is 10.1 Å². The zero-order chi connectivity index (χ0) is 19.0. The fraction of sp³-hybridized carbons (Fsp3) is 0.0588. The van der Waals surface area contributed by atoms with Gasteiger partial charge in [0, 0.05) is 16.8 Å². The molecule has 0 aliphatic heterocycles. The van der Waals surface area contributed by atoms with Crippen molar-refractivity contribution in [3.63, 3.8) is 0 Å². The first-order chi connectivity index (χ1) is 13.0. The van der Waals surface area contributed by atoms with Gasteiger partial charge in [-0.25, -0.2) is 4.98 Å². The van der Waals surface area contributed by atoms with Crippen LogP contribution in [-0.4, -0.2) is 22.9 Å². The first-order valence-corrected chi connectivity index (χ1v) is 8.50. The number of nitrogens with one attached hydrogen (secondary N) is 1. The molecule has 0 unspecified atom stereocenters. The minimum atomic E-state index is -0.713. The Morgan fingerprint density at radius 3 is 2.85 bits per heavy atom. The number of nitro groups is 1. The molecule has 0 saturated heterocycles. The number of anilines is 1. The minimum absolute atomic E-state index is 0.172. The van der Waals surface area contributed by atoms with Gasteiger partial charge in [0.1, 0.15) is 21.9 Å². The smallest absolute Gasteiger partial charge is 0.433 e. The standard InChI is InChI=1S/C17H11N3O6S/c1-24-10-3-2-9-6-14(25-13(9)7-10)11-8-27-17(18-11)19-16(21)12-4-5-15(26-12)20(22)23/h2-8H,1H3,(H,18,19,21). The second-order valence-corrected chi connectivity index (χ2v) is 6.26. The summed E-state index contributed by atoms with van der Waals surface area (Å²) in [5.41, 5.74) is 1.21. The molecule has 27 heavy (non-hydrogen) atoms. The van der Waals surface area contributed by atoms with Crippen LogP contribution >= 0.6 is 11.3 Å². The molecule has 0 atom stereocenters. The van der Waals surface area contributed by atoms with Crippen molar-refractivity contribution < 1.29 is 23.3 Å². The molecule has 0 aliphatic carbocycles. The van der Waals surface area contributed by atoms with E-state index in [4.69, 9.17) is 13.6 Å². The van der Waals surface area contributed by atoms with E-state index in [9.17, 15) is 14.9 Å². The molecule has 1 aromatic carbocycles. The van der Waals surface area contributed by atoms with Crippen molar-refractivity contribution in [1.29, 1.82) is 0 Å². The summed E-state index contributed by atoms with van der Waals surface area (Å²) in [4.78, 5) is 26.3. The van der Waals surface area contributed by atoms with Gasteiger partial charge in [-0.15, -0.1) is 11.3 Å². The van der Waals surface area contributed by atoms with Gasteiger partial charge in [0.2, 0.25) is 0 Å². The highest BCUT2D eigenvalue weighted by Crippen LogP contribution is 2.32. The fourth-order valence-corrected chi connectivity index (χ4v) is 3.11. The van der Waals surface area contributed by atoms with Crippen LogP contribution in [0.1, 0.15) is 10.6 Å². The SMILES string of the molecule is COc1ccc2cc(-c3csc(NC(=O)c4ccc([N+](=O)[O-])o4)n3)oc2c1. The summed E-state index contributed by atoms with van der Waals surface area (Å²) in [5, 5.41) is 16.1. The molecule has 1 amide bonds. The van der Waals surface area contributed by atoms with Crippen molar-refractivity contribution in [2.45, 2.75) is 0 Å². The summed E-state index contributed by atoms with van der Waals surface area (Å²) < 4.78 is 15.8. The molecule has 4 rings (SSSR count). The maximum atomic E-state index is 12.1. The van der Waals surface area contributed by atoms with Gasteiger partial charge in [0.05, 0.1) is 13.2 Å². The largest absolute Gasteiger partial charge is 0.497 e. The number of methoxy groups -OCH3 is 1. The molecule has 1 N–H and O–H groups in total. The zero-order valence-corrected chi connectivity index (χ0v) is 14.6. The lowest BCUT2D eigenvalue weighted by Gasteiger charge is -1.97. The number of aromatic nitrogens is 1. The lowest BCUT2D eigenvalue weighted by Crippen LogP contribution is -2.10. The van der Waals surface area contributed by atoms with Gasteiger partial charge in [-0.1, -0.05) is 0 Å². The van der Waals surface area contributed by atoms with Crippen LogP contribution < -0.4 is 10.1 Å². The number of furan rings is 2. The lowest BCUT2D eigenvalue weighted by molar-refractivity contribution is -0.402. The van der Waals surface area contributed by atoms with E-state index in [1.165, 1.54) is 17.4 Å². The molecule has 4 aromatic rings. The number of fused-ring (bicyclic) bond motifs is 1. The number of nitrogens with zero attached hydrogens (tertiary/aromatic N) is 2. The Kier molecular flexibility index (Phi) is 4.09. The fourth-order valence-electron chi connectivity index (χ4n) is 2.42. The topological polar surface area (TPSA) is 121 Å². The highest BCUT2D eigenvalue weighted by molar-refractivity contribution is 7.14. The highest BCUT2D eigenvalue weighted by atomic mass is 32.1. The van der Waals surface area contributed by atoms with Gasteiger partial charge < -0.3 is 13.6 Å². The van der Waals surface area contributed by atoms with E-state index in [0.29, 0.717) is 27.9 Å². The normalized spacial score (nSPS) is 10.9. The Morgan fingerprint density at radius 2 is 2.11 bits per heavy atom. The van der Waals surface area contributed by atoms with Crippen LogP contribution in [-0.2, 0) is 0 Å². The number of thiazole rings is 1. The summed E-state index contributed by atoms with van der Waals surface area (Å²) in [6.07, 6.45) is 0. The molecule has 10 heteroatoms. The van der Waals surface area contributed by atoms with E-state index in [1.807, 2.05) is 18.2 Å². The van der Waals surface area contributed by atoms with E-state index in [2.05, 4.69) is 10.3 Å². The number of benzene rings is 1. The van der Waals surface area contributed by atoms with Crippen LogP contribution in [0.25, 0.3) is 22.4 Å². The van der Waals surface area contributed by atoms with Crippen LogP contribution in [0.5, 0.6) is 5.75 Å². The van der Waals surface area contributed by atoms with Crippen molar-refractivity contribution in [2.24, 2.45) is 0 Å². The molecule has 0 aliphatic rings. The maximum Gasteiger partial charge on any atom is 0.433 e. The predicted octanol–water partition coefficient (Wildman–Crippen LogP) is 4.32. The maximum absolute atomic E-state index is 12.1. The number of carbonyl (C=O) groups excluding carboxylic acids is 1. The van der Waals surface area contributed by atoms with Crippen molar-refractivity contribution in [3.8, 4) is 17.2 Å². The predicted molar refractivity (Wildman–Crippen MR) is 97.2 cm³/mol. The van der Waals surface area contributed by atoms with Gasteiger partial charge in [0.15, 0.2) is 16.7 Å². The third-order valence-electron chi connectivity index (χ3n) is 3.70. The molecule has 0 radical (unpaired) electrons. The molecular weight excluding hydrogens is 374 g/mol. The van der Waals surface area contributed by atoms with E-state index in [0.717, 1.165) is 11.5 Å². The average molecular weight is 385 g/mol. The Hall–Kier alpha value is -3.66. The molecule has 0 bridgehead atoms. The highest BCUT2D eigenvalue weighted by Gasteiger charge is 2.19. The summed E-state index contributed by atoms with van der Waals surface area (Å²) in [5.74, 6) is -0.0730. The number of rotatable bonds is 5. The zero-order valence-electron chi connectivity index (χ0n) is 13.8. The first-order valence-electron chi connectivity index (χ1n) is 7.62. The van der Waals surface area contributed by atoms with Gasteiger partial charge in [0.25, 0.3) is 5.91 Å². The van der Waals surface area contributed by atoms with Gasteiger partial charge in [-0.2, -0.15) is 0 Å². The number of ether oxygens (including phenoxy) is 1. The Labute approximate surface area is 155 Å².